The molecule has 0 N–H and O–H groups in total. The minimum Gasteiger partial charge on any atom is -0.468 e. The first kappa shape index (κ1) is 11.5. The Morgan fingerprint density at radius 1 is 1.21 bits per heavy atom. The van der Waals surface area contributed by atoms with Crippen LogP contribution in [-0.4, -0.2) is 25.1 Å². The molecule has 3 aromatic heterocycles. The van der Waals surface area contributed by atoms with Gasteiger partial charge >= 0.3 is 0 Å². The highest BCUT2D eigenvalue weighted by Crippen LogP contribution is 2.15. The second-order valence-electron chi connectivity index (χ2n) is 3.99. The lowest BCUT2D eigenvalue weighted by Crippen LogP contribution is -2.00. The standard InChI is InChI=1S/C12H11N5O2/c1-7-12-9(3-4-13-7)16-11(5-14-12)18-6-10-15-8(2)19-17-10/h3-5H,6H2,1-2H3. The molecule has 0 aliphatic heterocycles. The third-order valence-corrected chi connectivity index (χ3v) is 2.54. The molecule has 19 heavy (non-hydrogen) atoms. The molecule has 0 spiro atoms. The highest BCUT2D eigenvalue weighted by Gasteiger charge is 2.06. The van der Waals surface area contributed by atoms with Gasteiger partial charge in [0.15, 0.2) is 6.61 Å². The highest BCUT2D eigenvalue weighted by atomic mass is 16.5. The number of hydrogen-bond acceptors (Lipinski definition) is 7. The van der Waals surface area contributed by atoms with Gasteiger partial charge in [-0.1, -0.05) is 5.16 Å². The first-order valence-electron chi connectivity index (χ1n) is 5.73. The van der Waals surface area contributed by atoms with Crippen molar-refractivity contribution < 1.29 is 9.26 Å². The fraction of sp³-hybridized carbons (Fsp3) is 0.250. The molecule has 0 saturated heterocycles. The summed E-state index contributed by atoms with van der Waals surface area (Å²) in [6.45, 7) is 3.81. The molecule has 0 unspecified atom stereocenters. The SMILES string of the molecule is Cc1nc(COc2cnc3c(C)nccc3n2)no1. The van der Waals surface area contributed by atoms with Crippen molar-refractivity contribution in [3.63, 3.8) is 0 Å². The quantitative estimate of drug-likeness (QED) is 0.704. The Hall–Kier alpha value is -2.57. The van der Waals surface area contributed by atoms with Crippen LogP contribution in [0.25, 0.3) is 11.0 Å². The van der Waals surface area contributed by atoms with Crippen LogP contribution in [0.5, 0.6) is 5.88 Å². The van der Waals surface area contributed by atoms with Crippen LogP contribution in [0.2, 0.25) is 0 Å². The van der Waals surface area contributed by atoms with Crippen LogP contribution in [0.1, 0.15) is 17.4 Å². The van der Waals surface area contributed by atoms with E-state index in [1.165, 1.54) is 0 Å². The van der Waals surface area contributed by atoms with Crippen molar-refractivity contribution >= 4 is 11.0 Å². The van der Waals surface area contributed by atoms with E-state index >= 15 is 0 Å². The molecule has 7 nitrogen and oxygen atoms in total. The molecule has 0 radical (unpaired) electrons. The Labute approximate surface area is 108 Å². The zero-order valence-electron chi connectivity index (χ0n) is 10.5. The summed E-state index contributed by atoms with van der Waals surface area (Å²) >= 11 is 0. The van der Waals surface area contributed by atoms with Gasteiger partial charge < -0.3 is 9.26 Å². The van der Waals surface area contributed by atoms with Gasteiger partial charge in [-0.3, -0.25) is 4.98 Å². The van der Waals surface area contributed by atoms with Crippen molar-refractivity contribution in [2.24, 2.45) is 0 Å². The summed E-state index contributed by atoms with van der Waals surface area (Å²) in [7, 11) is 0. The van der Waals surface area contributed by atoms with Gasteiger partial charge in [0, 0.05) is 13.1 Å². The minimum atomic E-state index is 0.196. The summed E-state index contributed by atoms with van der Waals surface area (Å²) in [5.74, 6) is 1.40. The van der Waals surface area contributed by atoms with Crippen molar-refractivity contribution in [2.75, 3.05) is 0 Å². The number of rotatable bonds is 3. The van der Waals surface area contributed by atoms with Crippen LogP contribution in [-0.2, 0) is 6.61 Å². The predicted molar refractivity (Wildman–Crippen MR) is 65.4 cm³/mol. The lowest BCUT2D eigenvalue weighted by molar-refractivity contribution is 0.275. The molecule has 3 aromatic rings. The van der Waals surface area contributed by atoms with Crippen LogP contribution in [0, 0.1) is 13.8 Å². The lowest BCUT2D eigenvalue weighted by atomic mass is 10.3. The Bertz CT molecular complexity index is 725. The van der Waals surface area contributed by atoms with Crippen molar-refractivity contribution in [1.29, 1.82) is 0 Å². The van der Waals surface area contributed by atoms with Crippen molar-refractivity contribution in [2.45, 2.75) is 20.5 Å². The predicted octanol–water partition coefficient (Wildman–Crippen LogP) is 1.60. The summed E-state index contributed by atoms with van der Waals surface area (Å²) in [5.41, 5.74) is 2.35. The Morgan fingerprint density at radius 3 is 2.89 bits per heavy atom. The number of aryl methyl sites for hydroxylation is 2. The van der Waals surface area contributed by atoms with Crippen LogP contribution in [0.3, 0.4) is 0 Å². The van der Waals surface area contributed by atoms with Crippen LogP contribution in [0.4, 0.5) is 0 Å². The van der Waals surface area contributed by atoms with Crippen molar-refractivity contribution in [3.05, 3.63) is 35.9 Å². The van der Waals surface area contributed by atoms with Gasteiger partial charge in [0.05, 0.1) is 17.4 Å². The molecule has 0 atom stereocenters. The van der Waals surface area contributed by atoms with Gasteiger partial charge in [0.25, 0.3) is 0 Å². The molecule has 0 saturated carbocycles. The summed E-state index contributed by atoms with van der Waals surface area (Å²) in [4.78, 5) is 16.8. The average molecular weight is 257 g/mol. The number of hydrogen-bond donors (Lipinski definition) is 0. The summed E-state index contributed by atoms with van der Waals surface area (Å²) < 4.78 is 10.3. The van der Waals surface area contributed by atoms with E-state index in [0.29, 0.717) is 17.6 Å². The molecule has 0 aromatic carbocycles. The van der Waals surface area contributed by atoms with E-state index in [0.717, 1.165) is 16.7 Å². The first-order valence-corrected chi connectivity index (χ1v) is 5.73. The largest absolute Gasteiger partial charge is 0.468 e. The van der Waals surface area contributed by atoms with Gasteiger partial charge in [-0.25, -0.2) is 9.97 Å². The third kappa shape index (κ3) is 2.35. The van der Waals surface area contributed by atoms with E-state index in [-0.39, 0.29) is 6.61 Å². The molecule has 3 heterocycles. The molecule has 7 heteroatoms. The van der Waals surface area contributed by atoms with E-state index in [9.17, 15) is 0 Å². The molecular formula is C12H11N5O2. The molecule has 0 amide bonds. The zero-order chi connectivity index (χ0) is 13.2. The summed E-state index contributed by atoms with van der Waals surface area (Å²) in [6.07, 6.45) is 3.25. The van der Waals surface area contributed by atoms with Crippen LogP contribution < -0.4 is 4.74 Å². The minimum absolute atomic E-state index is 0.196. The number of fused-ring (bicyclic) bond motifs is 1. The lowest BCUT2D eigenvalue weighted by Gasteiger charge is -2.04. The van der Waals surface area contributed by atoms with E-state index < -0.39 is 0 Å². The molecule has 96 valence electrons. The maximum absolute atomic E-state index is 5.47. The maximum atomic E-state index is 5.47. The molecule has 3 rings (SSSR count). The number of aromatic nitrogens is 5. The Kier molecular flexibility index (Phi) is 2.79. The van der Waals surface area contributed by atoms with E-state index in [2.05, 4.69) is 25.1 Å². The molecule has 0 fully saturated rings. The van der Waals surface area contributed by atoms with Gasteiger partial charge in [-0.2, -0.15) is 4.98 Å². The number of pyridine rings is 1. The number of ether oxygens (including phenoxy) is 1. The van der Waals surface area contributed by atoms with Crippen molar-refractivity contribution in [3.8, 4) is 5.88 Å². The molecule has 0 aliphatic rings. The van der Waals surface area contributed by atoms with Gasteiger partial charge in [-0.05, 0) is 13.0 Å². The topological polar surface area (TPSA) is 86.8 Å². The zero-order valence-corrected chi connectivity index (χ0v) is 10.5. The van der Waals surface area contributed by atoms with E-state index in [1.54, 1.807) is 25.4 Å². The summed E-state index contributed by atoms with van der Waals surface area (Å²) in [5, 5.41) is 3.74. The fourth-order valence-electron chi connectivity index (χ4n) is 1.67. The average Bonchev–Trinajstić information content (AvgIpc) is 2.82. The maximum Gasteiger partial charge on any atom is 0.233 e. The van der Waals surface area contributed by atoms with E-state index in [4.69, 9.17) is 9.26 Å². The Morgan fingerprint density at radius 2 is 2.11 bits per heavy atom. The van der Waals surface area contributed by atoms with Gasteiger partial charge in [0.2, 0.25) is 17.6 Å². The van der Waals surface area contributed by atoms with Crippen LogP contribution >= 0.6 is 0 Å². The molecule has 0 bridgehead atoms. The second-order valence-corrected chi connectivity index (χ2v) is 3.99. The molecule has 0 aliphatic carbocycles. The highest BCUT2D eigenvalue weighted by molar-refractivity contribution is 5.76. The Balaban J connectivity index is 1.82. The smallest absolute Gasteiger partial charge is 0.233 e. The molecular weight excluding hydrogens is 246 g/mol. The van der Waals surface area contributed by atoms with Gasteiger partial charge in [-0.15, -0.1) is 0 Å². The monoisotopic (exact) mass is 257 g/mol. The van der Waals surface area contributed by atoms with Crippen molar-refractivity contribution in [1.82, 2.24) is 25.1 Å². The summed E-state index contributed by atoms with van der Waals surface area (Å²) in [6, 6.07) is 1.79. The van der Waals surface area contributed by atoms with Gasteiger partial charge in [0.1, 0.15) is 5.52 Å². The normalized spacial score (nSPS) is 10.8. The second kappa shape index (κ2) is 4.60. The third-order valence-electron chi connectivity index (χ3n) is 2.54. The fourth-order valence-corrected chi connectivity index (χ4v) is 1.67. The number of nitrogens with zero attached hydrogens (tertiary/aromatic N) is 5. The van der Waals surface area contributed by atoms with E-state index in [1.807, 2.05) is 6.92 Å². The van der Waals surface area contributed by atoms with Crippen LogP contribution in [0.15, 0.2) is 23.0 Å². The first-order chi connectivity index (χ1) is 9.22.